The zero-order chi connectivity index (χ0) is 15.5. The van der Waals surface area contributed by atoms with E-state index < -0.39 is 21.4 Å². The number of halogens is 1. The van der Waals surface area contributed by atoms with Crippen molar-refractivity contribution >= 4 is 10.0 Å². The quantitative estimate of drug-likeness (QED) is 0.917. The van der Waals surface area contributed by atoms with Gasteiger partial charge in [0.15, 0.2) is 0 Å². The minimum Gasteiger partial charge on any atom is -0.317 e. The molecule has 0 aromatic heterocycles. The van der Waals surface area contributed by atoms with Crippen LogP contribution in [0.2, 0.25) is 0 Å². The van der Waals surface area contributed by atoms with Gasteiger partial charge in [-0.2, -0.15) is 9.57 Å². The van der Waals surface area contributed by atoms with Gasteiger partial charge in [-0.25, -0.2) is 12.8 Å². The van der Waals surface area contributed by atoms with E-state index in [2.05, 4.69) is 5.32 Å². The number of hydrogen-bond acceptors (Lipinski definition) is 4. The van der Waals surface area contributed by atoms with Crippen LogP contribution >= 0.6 is 0 Å². The second kappa shape index (κ2) is 6.52. The van der Waals surface area contributed by atoms with E-state index in [4.69, 9.17) is 5.26 Å². The molecule has 1 unspecified atom stereocenters. The molecule has 1 saturated heterocycles. The minimum absolute atomic E-state index is 0.139. The van der Waals surface area contributed by atoms with E-state index in [1.54, 1.807) is 6.07 Å². The van der Waals surface area contributed by atoms with Crippen molar-refractivity contribution in [1.82, 2.24) is 9.62 Å². The lowest BCUT2D eigenvalue weighted by Gasteiger charge is -2.26. The Hall–Kier alpha value is -1.49. The molecule has 1 fully saturated rings. The van der Waals surface area contributed by atoms with Gasteiger partial charge in [0.2, 0.25) is 10.0 Å². The third-order valence-corrected chi connectivity index (χ3v) is 5.76. The van der Waals surface area contributed by atoms with Gasteiger partial charge in [0.05, 0.1) is 0 Å². The zero-order valence-electron chi connectivity index (χ0n) is 11.8. The van der Waals surface area contributed by atoms with Gasteiger partial charge >= 0.3 is 0 Å². The first-order valence-electron chi connectivity index (χ1n) is 6.86. The Morgan fingerprint density at radius 1 is 1.38 bits per heavy atom. The molecule has 1 aliphatic rings. The number of nitrogens with zero attached hydrogens (tertiary/aromatic N) is 2. The number of nitriles is 1. The van der Waals surface area contributed by atoms with Gasteiger partial charge in [-0.3, -0.25) is 0 Å². The van der Waals surface area contributed by atoms with E-state index in [0.29, 0.717) is 6.42 Å². The maximum Gasteiger partial charge on any atom is 0.244 e. The first kappa shape index (κ1) is 15.9. The minimum atomic E-state index is -3.88. The molecule has 1 heterocycles. The number of rotatable bonds is 3. The molecule has 1 atom stereocenters. The molecule has 114 valence electrons. The Balaban J connectivity index is 2.37. The van der Waals surface area contributed by atoms with Crippen LogP contribution in [0.1, 0.15) is 24.8 Å². The predicted molar refractivity (Wildman–Crippen MR) is 76.6 cm³/mol. The summed E-state index contributed by atoms with van der Waals surface area (Å²) in [6, 6.07) is 5.19. The lowest BCUT2D eigenvalue weighted by Crippen LogP contribution is -2.38. The summed E-state index contributed by atoms with van der Waals surface area (Å²) in [5.41, 5.74) is -0.420. The molecule has 0 radical (unpaired) electrons. The van der Waals surface area contributed by atoms with E-state index in [0.717, 1.165) is 32.0 Å². The molecule has 1 N–H and O–H groups in total. The summed E-state index contributed by atoms with van der Waals surface area (Å²) in [4.78, 5) is -0.260. The summed E-state index contributed by atoms with van der Waals surface area (Å²) in [7, 11) is -2.38. The SMILES string of the molecule is CN(C1CCCNCC1)S(=O)(=O)c1cccc(F)c1C#N. The van der Waals surface area contributed by atoms with Crippen molar-refractivity contribution in [3.05, 3.63) is 29.6 Å². The predicted octanol–water partition coefficient (Wildman–Crippen LogP) is 1.46. The summed E-state index contributed by atoms with van der Waals surface area (Å²) in [5.74, 6) is -0.811. The van der Waals surface area contributed by atoms with Crippen LogP contribution in [0.4, 0.5) is 4.39 Å². The smallest absolute Gasteiger partial charge is 0.244 e. The van der Waals surface area contributed by atoms with E-state index in [1.165, 1.54) is 23.5 Å². The molecule has 0 saturated carbocycles. The molecule has 7 heteroatoms. The Morgan fingerprint density at radius 2 is 2.14 bits per heavy atom. The van der Waals surface area contributed by atoms with Gasteiger partial charge in [0, 0.05) is 13.1 Å². The third kappa shape index (κ3) is 3.23. The molecule has 0 aliphatic carbocycles. The van der Waals surface area contributed by atoms with Crippen LogP contribution < -0.4 is 5.32 Å². The van der Waals surface area contributed by atoms with Crippen LogP contribution in [0.15, 0.2) is 23.1 Å². The average Bonchev–Trinajstić information content (AvgIpc) is 2.75. The van der Waals surface area contributed by atoms with E-state index in [1.807, 2.05) is 0 Å². The number of nitrogens with one attached hydrogen (secondary N) is 1. The van der Waals surface area contributed by atoms with Crippen LogP contribution in [-0.2, 0) is 10.0 Å². The Morgan fingerprint density at radius 3 is 2.86 bits per heavy atom. The maximum absolute atomic E-state index is 13.6. The average molecular weight is 311 g/mol. The number of hydrogen-bond donors (Lipinski definition) is 1. The van der Waals surface area contributed by atoms with Crippen molar-refractivity contribution in [3.8, 4) is 6.07 Å². The third-order valence-electron chi connectivity index (χ3n) is 3.80. The molecule has 0 bridgehead atoms. The van der Waals surface area contributed by atoms with E-state index in [9.17, 15) is 12.8 Å². The van der Waals surface area contributed by atoms with Crippen molar-refractivity contribution in [2.75, 3.05) is 20.1 Å². The molecular weight excluding hydrogens is 293 g/mol. The molecule has 1 aromatic rings. The van der Waals surface area contributed by atoms with Crippen molar-refractivity contribution in [2.45, 2.75) is 30.2 Å². The van der Waals surface area contributed by atoms with Gasteiger partial charge in [0.25, 0.3) is 0 Å². The molecule has 1 aliphatic heterocycles. The molecule has 0 amide bonds. The Bertz CT molecular complexity index is 647. The first-order chi connectivity index (χ1) is 9.98. The van der Waals surface area contributed by atoms with Crippen LogP contribution in [0.25, 0.3) is 0 Å². The number of benzene rings is 1. The van der Waals surface area contributed by atoms with Crippen molar-refractivity contribution in [1.29, 1.82) is 5.26 Å². The fourth-order valence-electron chi connectivity index (χ4n) is 2.54. The van der Waals surface area contributed by atoms with E-state index >= 15 is 0 Å². The van der Waals surface area contributed by atoms with Crippen molar-refractivity contribution in [2.24, 2.45) is 0 Å². The second-order valence-corrected chi connectivity index (χ2v) is 7.05. The highest BCUT2D eigenvalue weighted by molar-refractivity contribution is 7.89. The highest BCUT2D eigenvalue weighted by Gasteiger charge is 2.31. The summed E-state index contributed by atoms with van der Waals surface area (Å²) in [6.07, 6.45) is 2.34. The Kier molecular flexibility index (Phi) is 4.93. The first-order valence-corrected chi connectivity index (χ1v) is 8.30. The highest BCUT2D eigenvalue weighted by atomic mass is 32.2. The topological polar surface area (TPSA) is 73.2 Å². The summed E-state index contributed by atoms with van der Waals surface area (Å²) in [6.45, 7) is 1.62. The number of sulfonamides is 1. The Labute approximate surface area is 124 Å². The maximum atomic E-state index is 13.6. The van der Waals surface area contributed by atoms with Crippen LogP contribution in [0, 0.1) is 17.1 Å². The van der Waals surface area contributed by atoms with Crippen LogP contribution in [0.3, 0.4) is 0 Å². The van der Waals surface area contributed by atoms with Crippen molar-refractivity contribution in [3.63, 3.8) is 0 Å². The lowest BCUT2D eigenvalue weighted by atomic mass is 10.1. The highest BCUT2D eigenvalue weighted by Crippen LogP contribution is 2.25. The van der Waals surface area contributed by atoms with Gasteiger partial charge in [-0.1, -0.05) is 6.07 Å². The largest absolute Gasteiger partial charge is 0.317 e. The zero-order valence-corrected chi connectivity index (χ0v) is 12.7. The molecule has 1 aromatic carbocycles. The fourth-order valence-corrected chi connectivity index (χ4v) is 4.11. The second-order valence-electron chi connectivity index (χ2n) is 5.08. The molecule has 0 spiro atoms. The summed E-state index contributed by atoms with van der Waals surface area (Å²) < 4.78 is 40.2. The van der Waals surface area contributed by atoms with E-state index in [-0.39, 0.29) is 10.9 Å². The van der Waals surface area contributed by atoms with Crippen LogP contribution in [-0.4, -0.2) is 38.9 Å². The van der Waals surface area contributed by atoms with Gasteiger partial charge in [-0.15, -0.1) is 0 Å². The summed E-state index contributed by atoms with van der Waals surface area (Å²) >= 11 is 0. The van der Waals surface area contributed by atoms with Gasteiger partial charge in [-0.05, 0) is 44.5 Å². The summed E-state index contributed by atoms with van der Waals surface area (Å²) in [5, 5.41) is 12.2. The molecule has 21 heavy (non-hydrogen) atoms. The molecular formula is C14H18FN3O2S. The van der Waals surface area contributed by atoms with Crippen LogP contribution in [0.5, 0.6) is 0 Å². The fraction of sp³-hybridized carbons (Fsp3) is 0.500. The monoisotopic (exact) mass is 311 g/mol. The standard InChI is InChI=1S/C14H18FN3O2S/c1-18(11-4-3-8-17-9-7-11)21(19,20)14-6-2-5-13(15)12(14)10-16/h2,5-6,11,17H,3-4,7-9H2,1H3. The normalized spacial score (nSPS) is 20.0. The molecule has 2 rings (SSSR count). The van der Waals surface area contributed by atoms with Crippen molar-refractivity contribution < 1.29 is 12.8 Å². The van der Waals surface area contributed by atoms with Gasteiger partial charge in [0.1, 0.15) is 22.3 Å². The van der Waals surface area contributed by atoms with Gasteiger partial charge < -0.3 is 5.32 Å². The molecule has 5 nitrogen and oxygen atoms in total. The lowest BCUT2D eigenvalue weighted by molar-refractivity contribution is 0.341.